The molecule has 3 aromatic heterocycles. The molecule has 6 heterocycles. The quantitative estimate of drug-likeness (QED) is 0.0950. The number of benzene rings is 3. The number of hydrogen-bond donors (Lipinski definition) is 4. The van der Waals surface area contributed by atoms with Crippen LogP contribution >= 0.6 is 0 Å². The second kappa shape index (κ2) is 18.3. The molecule has 4 N–H and O–H groups in total. The average molecular weight is 858 g/mol. The van der Waals surface area contributed by atoms with Crippen LogP contribution in [0, 0.1) is 11.8 Å². The van der Waals surface area contributed by atoms with Gasteiger partial charge in [0.1, 0.15) is 17.7 Å². The number of nitrogens with zero attached hydrogens (tertiary/aromatic N) is 5. The molecular weight excluding hydrogens is 803 g/mol. The zero-order chi connectivity index (χ0) is 43.6. The van der Waals surface area contributed by atoms with Crippen LogP contribution < -0.4 is 10.6 Å². The molecule has 63 heavy (non-hydrogen) atoms. The molecule has 16 heteroatoms. The van der Waals surface area contributed by atoms with Crippen LogP contribution in [0.1, 0.15) is 76.1 Å². The minimum atomic E-state index is -0.695. The van der Waals surface area contributed by atoms with Gasteiger partial charge in [0.15, 0.2) is 0 Å². The van der Waals surface area contributed by atoms with Crippen molar-refractivity contribution < 1.29 is 33.4 Å². The van der Waals surface area contributed by atoms with E-state index in [4.69, 9.17) is 34.0 Å². The molecule has 330 valence electrons. The van der Waals surface area contributed by atoms with Gasteiger partial charge in [-0.15, -0.1) is 0 Å². The van der Waals surface area contributed by atoms with Crippen molar-refractivity contribution in [1.82, 2.24) is 45.5 Å². The third kappa shape index (κ3) is 8.79. The molecule has 0 spiro atoms. The number of alkyl carbamates (subject to hydrolysis) is 2. The van der Waals surface area contributed by atoms with Crippen molar-refractivity contribution in [3.63, 3.8) is 0 Å². The molecule has 3 fully saturated rings. The van der Waals surface area contributed by atoms with E-state index in [1.165, 1.54) is 14.2 Å². The summed E-state index contributed by atoms with van der Waals surface area (Å²) in [6.45, 7) is 6.89. The largest absolute Gasteiger partial charge is 0.453 e. The fraction of sp³-hybridized carbons (Fsp3) is 0.447. The summed E-state index contributed by atoms with van der Waals surface area (Å²) in [5.41, 5.74) is 6.44. The number of rotatable bonds is 12. The molecule has 0 saturated carbocycles. The minimum absolute atomic E-state index is 0.0283. The van der Waals surface area contributed by atoms with E-state index in [1.54, 1.807) is 0 Å². The van der Waals surface area contributed by atoms with Gasteiger partial charge in [0, 0.05) is 48.2 Å². The predicted molar refractivity (Wildman–Crippen MR) is 237 cm³/mol. The lowest BCUT2D eigenvalue weighted by atomic mass is 9.92. The lowest BCUT2D eigenvalue weighted by Gasteiger charge is -2.32. The van der Waals surface area contributed by atoms with Crippen LogP contribution in [0.2, 0.25) is 0 Å². The molecule has 3 aliphatic heterocycles. The normalized spacial score (nSPS) is 19.5. The minimum Gasteiger partial charge on any atom is -0.453 e. The Morgan fingerprint density at radius 3 is 2.33 bits per heavy atom. The number of aromatic amines is 2. The number of aromatic nitrogens is 5. The van der Waals surface area contributed by atoms with Gasteiger partial charge in [-0.25, -0.2) is 24.5 Å². The highest BCUT2D eigenvalue weighted by Gasteiger charge is 2.38. The van der Waals surface area contributed by atoms with Gasteiger partial charge in [-0.3, -0.25) is 9.63 Å². The summed E-state index contributed by atoms with van der Waals surface area (Å²) in [4.78, 5) is 68.1. The molecule has 3 amide bonds. The van der Waals surface area contributed by atoms with Crippen molar-refractivity contribution in [2.24, 2.45) is 11.8 Å². The SMILES string of the molecule is COC(=O)N[C@H](C(=O)N1CCC[C@H]1c1nc2ccc3cc(-c4ccc5cc(-c6cnc([C@@H]7CCCN7OC[C@@H](NC(=O)OC)C7CCOCC7)[nH]6)ccc5n4)ccc3c2[nH]1)C(C)C. The van der Waals surface area contributed by atoms with Crippen LogP contribution in [-0.2, 0) is 23.8 Å². The first-order valence-electron chi connectivity index (χ1n) is 22.0. The summed E-state index contributed by atoms with van der Waals surface area (Å²) in [5, 5.41) is 10.8. The van der Waals surface area contributed by atoms with Gasteiger partial charge in [0.05, 0.1) is 73.1 Å². The fourth-order valence-electron chi connectivity index (χ4n) is 9.41. The Balaban J connectivity index is 0.889. The standard InChI is InChI=1S/C47H55N9O7/c1-27(2)41(54-47(59)61-4)45(57)55-19-5-7-39(55)44-50-36-16-10-29-23-30(9-13-33(29)42(36)53-44)34-14-11-31-24-32(12-15-35(31)49-34)37-25-48-43(51-37)40-8-6-20-56(40)63-26-38(52-46(58)60-3)28-17-21-62-22-18-28/h9-16,23-25,27-28,38-41H,5-8,17-22,26H2,1-4H3,(H,48,51)(H,50,53)(H,52,58)(H,54,59)/t38-,39+,40+,41+/m1/s1. The first-order valence-corrected chi connectivity index (χ1v) is 22.0. The van der Waals surface area contributed by atoms with E-state index in [1.807, 2.05) is 42.1 Å². The Morgan fingerprint density at radius 1 is 0.794 bits per heavy atom. The number of nitrogens with one attached hydrogen (secondary N) is 4. The number of imidazole rings is 2. The Bertz CT molecular complexity index is 2620. The number of carbonyl (C=O) groups excluding carboxylic acids is 3. The fourth-order valence-corrected chi connectivity index (χ4v) is 9.41. The first kappa shape index (κ1) is 42.2. The second-order valence-electron chi connectivity index (χ2n) is 17.1. The zero-order valence-electron chi connectivity index (χ0n) is 36.2. The number of hydroxylamine groups is 2. The second-order valence-corrected chi connectivity index (χ2v) is 17.1. The van der Waals surface area contributed by atoms with Gasteiger partial charge >= 0.3 is 12.2 Å². The first-order chi connectivity index (χ1) is 30.7. The lowest BCUT2D eigenvalue weighted by molar-refractivity contribution is -0.180. The van der Waals surface area contributed by atoms with Gasteiger partial charge in [0.2, 0.25) is 5.91 Å². The van der Waals surface area contributed by atoms with Crippen molar-refractivity contribution in [2.75, 3.05) is 47.1 Å². The number of pyridine rings is 1. The van der Waals surface area contributed by atoms with Crippen molar-refractivity contribution in [2.45, 2.75) is 76.5 Å². The molecular formula is C47H55N9O7. The summed E-state index contributed by atoms with van der Waals surface area (Å²) in [6.07, 6.45) is 6.03. The van der Waals surface area contributed by atoms with E-state index in [0.717, 1.165) is 112 Å². The summed E-state index contributed by atoms with van der Waals surface area (Å²) in [5.74, 6) is 1.60. The maximum absolute atomic E-state index is 13.7. The number of H-pyrrole nitrogens is 2. The zero-order valence-corrected chi connectivity index (χ0v) is 36.2. The van der Waals surface area contributed by atoms with E-state index < -0.39 is 18.2 Å². The van der Waals surface area contributed by atoms with Gasteiger partial charge in [-0.2, -0.15) is 5.06 Å². The topological polar surface area (TPSA) is 189 Å². The molecule has 0 unspecified atom stereocenters. The Morgan fingerprint density at radius 2 is 1.52 bits per heavy atom. The molecule has 9 rings (SSSR count). The third-order valence-electron chi connectivity index (χ3n) is 12.9. The van der Waals surface area contributed by atoms with E-state index >= 15 is 0 Å². The Hall–Kier alpha value is -6.10. The number of likely N-dealkylation sites (tertiary alicyclic amines) is 1. The number of amides is 3. The smallest absolute Gasteiger partial charge is 0.407 e. The van der Waals surface area contributed by atoms with Crippen LogP contribution in [0.5, 0.6) is 0 Å². The highest BCUT2D eigenvalue weighted by atomic mass is 16.7. The van der Waals surface area contributed by atoms with E-state index in [2.05, 4.69) is 69.1 Å². The van der Waals surface area contributed by atoms with Gasteiger partial charge in [0.25, 0.3) is 0 Å². The monoisotopic (exact) mass is 857 g/mol. The number of fused-ring (bicyclic) bond motifs is 4. The van der Waals surface area contributed by atoms with Crippen LogP contribution in [0.3, 0.4) is 0 Å². The molecule has 3 aromatic carbocycles. The van der Waals surface area contributed by atoms with E-state index in [-0.39, 0.29) is 35.9 Å². The van der Waals surface area contributed by atoms with Crippen molar-refractivity contribution in [1.29, 1.82) is 0 Å². The van der Waals surface area contributed by atoms with Crippen LogP contribution in [0.4, 0.5) is 9.59 Å². The third-order valence-corrected chi connectivity index (χ3v) is 12.9. The lowest BCUT2D eigenvalue weighted by Crippen LogP contribution is -2.51. The molecule has 6 aromatic rings. The summed E-state index contributed by atoms with van der Waals surface area (Å²) < 4.78 is 15.2. The van der Waals surface area contributed by atoms with E-state index in [0.29, 0.717) is 26.4 Å². The molecule has 16 nitrogen and oxygen atoms in total. The van der Waals surface area contributed by atoms with Crippen LogP contribution in [-0.4, -0.2) is 112 Å². The number of methoxy groups -OCH3 is 2. The molecule has 3 aliphatic rings. The van der Waals surface area contributed by atoms with Gasteiger partial charge in [-0.1, -0.05) is 44.2 Å². The van der Waals surface area contributed by atoms with Gasteiger partial charge in [-0.05, 0) is 86.1 Å². The Kier molecular flexibility index (Phi) is 12.3. The maximum atomic E-state index is 13.7. The van der Waals surface area contributed by atoms with Gasteiger partial charge < -0.3 is 39.7 Å². The molecule has 0 radical (unpaired) electrons. The molecule has 3 saturated heterocycles. The maximum Gasteiger partial charge on any atom is 0.407 e. The van der Waals surface area contributed by atoms with Crippen LogP contribution in [0.15, 0.2) is 66.9 Å². The number of ether oxygens (including phenoxy) is 3. The molecule has 4 atom stereocenters. The van der Waals surface area contributed by atoms with Crippen LogP contribution in [0.25, 0.3) is 55.2 Å². The summed E-state index contributed by atoms with van der Waals surface area (Å²) >= 11 is 0. The average Bonchev–Trinajstić information content (AvgIpc) is 4.16. The van der Waals surface area contributed by atoms with E-state index in [9.17, 15) is 14.4 Å². The summed E-state index contributed by atoms with van der Waals surface area (Å²) in [6, 6.07) is 19.7. The van der Waals surface area contributed by atoms with Crippen molar-refractivity contribution in [3.05, 3.63) is 78.5 Å². The molecule has 0 aliphatic carbocycles. The predicted octanol–water partition coefficient (Wildman–Crippen LogP) is 7.59. The molecule has 0 bridgehead atoms. The number of hydrogen-bond acceptors (Lipinski definition) is 11. The summed E-state index contributed by atoms with van der Waals surface area (Å²) in [7, 11) is 2.68. The van der Waals surface area contributed by atoms with Crippen molar-refractivity contribution in [3.8, 4) is 22.5 Å². The highest BCUT2D eigenvalue weighted by molar-refractivity contribution is 6.05. The number of carbonyl (C=O) groups is 3. The highest BCUT2D eigenvalue weighted by Crippen LogP contribution is 2.36. The Labute approximate surface area is 365 Å². The van der Waals surface area contributed by atoms with Crippen molar-refractivity contribution >= 4 is 50.8 Å².